The summed E-state index contributed by atoms with van der Waals surface area (Å²) >= 11 is 1.37. The van der Waals surface area contributed by atoms with Crippen LogP contribution in [-0.2, 0) is 0 Å². The van der Waals surface area contributed by atoms with Crippen LogP contribution in [-0.4, -0.2) is 39.9 Å². The number of thioether (sulfide) groups is 1. The van der Waals surface area contributed by atoms with Crippen molar-refractivity contribution in [3.05, 3.63) is 17.6 Å². The maximum atomic E-state index is 8.17. The number of nitrogens with zero attached hydrogens (tertiary/aromatic N) is 3. The molecule has 2 aliphatic rings. The van der Waals surface area contributed by atoms with Crippen LogP contribution in [0.2, 0.25) is 0 Å². The molecule has 1 fully saturated rings. The molecule has 0 aromatic carbocycles. The number of nitrogens with one attached hydrogen (secondary N) is 2. The summed E-state index contributed by atoms with van der Waals surface area (Å²) in [7, 11) is 0. The molecule has 4 N–H and O–H groups in total. The van der Waals surface area contributed by atoms with E-state index in [2.05, 4.69) is 14.9 Å². The molecule has 3 heterocycles. The summed E-state index contributed by atoms with van der Waals surface area (Å²) in [6.07, 6.45) is 1.53. The average Bonchev–Trinajstić information content (AvgIpc) is 2.70. The van der Waals surface area contributed by atoms with Gasteiger partial charge >= 0.3 is 0 Å². The normalized spacial score (nSPS) is 20.8. The van der Waals surface area contributed by atoms with Crippen LogP contribution in [0.4, 0.5) is 5.82 Å². The molecule has 20 heavy (non-hydrogen) atoms. The number of anilines is 1. The fourth-order valence-electron chi connectivity index (χ4n) is 2.34. The van der Waals surface area contributed by atoms with Gasteiger partial charge in [0.05, 0.1) is 10.6 Å². The highest BCUT2D eigenvalue weighted by atomic mass is 32.2. The van der Waals surface area contributed by atoms with Crippen LogP contribution in [0.3, 0.4) is 0 Å². The topological polar surface area (TPSA) is 103 Å². The molecular formula is C13H16N6S. The molecule has 0 spiro atoms. The van der Waals surface area contributed by atoms with E-state index in [1.165, 1.54) is 18.1 Å². The van der Waals surface area contributed by atoms with E-state index >= 15 is 0 Å². The average molecular weight is 288 g/mol. The molecule has 0 atom stereocenters. The second-order valence-corrected chi connectivity index (χ2v) is 6.12. The number of rotatable bonds is 2. The van der Waals surface area contributed by atoms with Gasteiger partial charge in [0.1, 0.15) is 17.2 Å². The Hall–Kier alpha value is -1.73. The molecule has 1 aromatic heterocycles. The van der Waals surface area contributed by atoms with E-state index in [9.17, 15) is 0 Å². The van der Waals surface area contributed by atoms with E-state index in [1.807, 2.05) is 6.92 Å². The van der Waals surface area contributed by atoms with Gasteiger partial charge in [0, 0.05) is 30.4 Å². The third kappa shape index (κ3) is 1.94. The molecular weight excluding hydrogens is 272 g/mol. The first-order chi connectivity index (χ1) is 9.49. The fraction of sp³-hybridized carbons (Fsp3) is 0.385. The van der Waals surface area contributed by atoms with Gasteiger partial charge in [0.15, 0.2) is 0 Å². The highest BCUT2D eigenvalue weighted by Crippen LogP contribution is 2.45. The molecule has 0 aliphatic carbocycles. The van der Waals surface area contributed by atoms with Crippen LogP contribution in [0.1, 0.15) is 19.5 Å². The van der Waals surface area contributed by atoms with Gasteiger partial charge in [-0.1, -0.05) is 11.8 Å². The Labute approximate surface area is 121 Å². The lowest BCUT2D eigenvalue weighted by molar-refractivity contribution is 0.510. The fourth-order valence-corrected chi connectivity index (χ4v) is 3.42. The number of aromatic nitrogens is 2. The summed E-state index contributed by atoms with van der Waals surface area (Å²) in [4.78, 5) is 11.7. The van der Waals surface area contributed by atoms with Gasteiger partial charge in [-0.05, 0) is 19.4 Å². The highest BCUT2D eigenvalue weighted by molar-refractivity contribution is 8.15. The van der Waals surface area contributed by atoms with Crippen molar-refractivity contribution in [3.8, 4) is 0 Å². The van der Waals surface area contributed by atoms with E-state index in [4.69, 9.17) is 16.6 Å². The maximum Gasteiger partial charge on any atom is 0.146 e. The number of allylic oxidation sites excluding steroid dienone is 1. The van der Waals surface area contributed by atoms with Gasteiger partial charge in [-0.25, -0.2) is 9.97 Å². The van der Waals surface area contributed by atoms with Crippen LogP contribution in [0.5, 0.6) is 0 Å². The van der Waals surface area contributed by atoms with Crippen LogP contribution in [0, 0.1) is 10.8 Å². The minimum Gasteiger partial charge on any atom is -0.352 e. The summed E-state index contributed by atoms with van der Waals surface area (Å²) in [6, 6.07) is 0.201. The predicted octanol–water partition coefficient (Wildman–Crippen LogP) is 1.52. The van der Waals surface area contributed by atoms with Crippen molar-refractivity contribution >= 4 is 33.9 Å². The minimum atomic E-state index is 0.201. The van der Waals surface area contributed by atoms with Crippen molar-refractivity contribution in [3.63, 3.8) is 0 Å². The smallest absolute Gasteiger partial charge is 0.146 e. The standard InChI is InChI=1S/C13H16N6S/c1-6(7(2)14)9-10-11(20-12(9)16)13(18-5-17-10)19-3-8(15)4-19/h5,8,14,16H,3-4,15H2,1-2H3/b9-6-,14-7?,16-12?. The second kappa shape index (κ2) is 4.68. The van der Waals surface area contributed by atoms with Crippen molar-refractivity contribution < 1.29 is 0 Å². The Morgan fingerprint density at radius 3 is 2.70 bits per heavy atom. The molecule has 104 valence electrons. The molecule has 0 bridgehead atoms. The van der Waals surface area contributed by atoms with Crippen LogP contribution in [0.25, 0.3) is 5.57 Å². The van der Waals surface area contributed by atoms with Gasteiger partial charge in [0.2, 0.25) is 0 Å². The molecule has 1 aromatic rings. The van der Waals surface area contributed by atoms with Crippen molar-refractivity contribution in [2.45, 2.75) is 24.8 Å². The first-order valence-corrected chi connectivity index (χ1v) is 7.19. The molecule has 0 unspecified atom stereocenters. The molecule has 6 nitrogen and oxygen atoms in total. The lowest BCUT2D eigenvalue weighted by atomic mass is 10.0. The Morgan fingerprint density at radius 1 is 1.40 bits per heavy atom. The Morgan fingerprint density at radius 2 is 2.10 bits per heavy atom. The number of hydrogen-bond donors (Lipinski definition) is 3. The monoisotopic (exact) mass is 288 g/mol. The van der Waals surface area contributed by atoms with Crippen molar-refractivity contribution in [1.82, 2.24) is 9.97 Å². The Balaban J connectivity index is 2.09. The first-order valence-electron chi connectivity index (χ1n) is 6.38. The minimum absolute atomic E-state index is 0.201. The lowest BCUT2D eigenvalue weighted by Crippen LogP contribution is -2.56. The highest BCUT2D eigenvalue weighted by Gasteiger charge is 2.34. The van der Waals surface area contributed by atoms with Crippen LogP contribution >= 0.6 is 11.8 Å². The predicted molar refractivity (Wildman–Crippen MR) is 81.8 cm³/mol. The zero-order valence-corrected chi connectivity index (χ0v) is 12.2. The molecule has 0 radical (unpaired) electrons. The Bertz CT molecular complexity index is 644. The first kappa shape index (κ1) is 13.3. The van der Waals surface area contributed by atoms with Crippen molar-refractivity contribution in [1.29, 1.82) is 10.8 Å². The third-order valence-corrected chi connectivity index (χ3v) is 4.59. The summed E-state index contributed by atoms with van der Waals surface area (Å²) in [5.74, 6) is 0.858. The summed E-state index contributed by atoms with van der Waals surface area (Å²) in [5.41, 5.74) is 8.61. The molecule has 0 amide bonds. The quantitative estimate of drug-likeness (QED) is 0.716. The van der Waals surface area contributed by atoms with Gasteiger partial charge in [-0.15, -0.1) is 0 Å². The number of fused-ring (bicyclic) bond motifs is 1. The summed E-state index contributed by atoms with van der Waals surface area (Å²) in [5, 5.41) is 16.4. The summed E-state index contributed by atoms with van der Waals surface area (Å²) in [6.45, 7) is 5.18. The van der Waals surface area contributed by atoms with E-state index in [1.54, 1.807) is 6.92 Å². The van der Waals surface area contributed by atoms with Crippen LogP contribution < -0.4 is 10.6 Å². The van der Waals surface area contributed by atoms with Gasteiger partial charge < -0.3 is 16.0 Å². The van der Waals surface area contributed by atoms with E-state index in [0.29, 0.717) is 10.8 Å². The van der Waals surface area contributed by atoms with Gasteiger partial charge in [-0.3, -0.25) is 5.41 Å². The lowest BCUT2D eigenvalue weighted by Gasteiger charge is -2.38. The van der Waals surface area contributed by atoms with E-state index < -0.39 is 0 Å². The van der Waals surface area contributed by atoms with Gasteiger partial charge in [-0.2, -0.15) is 0 Å². The van der Waals surface area contributed by atoms with Crippen LogP contribution in [0.15, 0.2) is 16.8 Å². The number of hydrogen-bond acceptors (Lipinski definition) is 7. The Kier molecular flexibility index (Phi) is 3.10. The zero-order valence-electron chi connectivity index (χ0n) is 11.4. The third-order valence-electron chi connectivity index (χ3n) is 3.60. The van der Waals surface area contributed by atoms with Crippen molar-refractivity contribution in [2.75, 3.05) is 18.0 Å². The molecule has 2 aliphatic heterocycles. The van der Waals surface area contributed by atoms with E-state index in [0.717, 1.165) is 40.6 Å². The van der Waals surface area contributed by atoms with Crippen molar-refractivity contribution in [2.24, 2.45) is 5.73 Å². The summed E-state index contributed by atoms with van der Waals surface area (Å²) < 4.78 is 0. The SMILES string of the molecule is CC(=N)/C(C)=C1\C(=N)Sc2c1ncnc2N1CC(N)C1. The molecule has 0 saturated carbocycles. The van der Waals surface area contributed by atoms with Gasteiger partial charge in [0.25, 0.3) is 0 Å². The number of nitrogens with two attached hydrogens (primary N) is 1. The molecule has 7 heteroatoms. The largest absolute Gasteiger partial charge is 0.352 e. The molecule has 1 saturated heterocycles. The zero-order chi connectivity index (χ0) is 14.4. The second-order valence-electron chi connectivity index (χ2n) is 5.10. The van der Waals surface area contributed by atoms with E-state index in [-0.39, 0.29) is 6.04 Å². The maximum absolute atomic E-state index is 8.17. The molecule has 3 rings (SSSR count).